The third-order valence-electron chi connectivity index (χ3n) is 5.78. The van der Waals surface area contributed by atoms with Gasteiger partial charge in [0.2, 0.25) is 5.91 Å². The van der Waals surface area contributed by atoms with Crippen LogP contribution in [0.1, 0.15) is 34.7 Å². The predicted molar refractivity (Wildman–Crippen MR) is 136 cm³/mol. The first-order chi connectivity index (χ1) is 16.4. The number of aryl methyl sites for hydroxylation is 3. The number of likely N-dealkylation sites (N-methyl/N-ethyl adjacent to an activating group) is 1. The summed E-state index contributed by atoms with van der Waals surface area (Å²) in [6.07, 6.45) is 0.424. The molecule has 0 saturated heterocycles. The maximum atomic E-state index is 13.5. The van der Waals surface area contributed by atoms with E-state index in [9.17, 15) is 9.59 Å². The zero-order chi connectivity index (χ0) is 24.5. The van der Waals surface area contributed by atoms with Crippen molar-refractivity contribution in [1.29, 1.82) is 0 Å². The molecule has 0 heterocycles. The van der Waals surface area contributed by atoms with E-state index in [1.807, 2.05) is 100 Å². The average molecular weight is 459 g/mol. The van der Waals surface area contributed by atoms with E-state index in [-0.39, 0.29) is 18.4 Å². The highest BCUT2D eigenvalue weighted by atomic mass is 16.5. The van der Waals surface area contributed by atoms with Gasteiger partial charge in [0.05, 0.1) is 0 Å². The van der Waals surface area contributed by atoms with Crippen molar-refractivity contribution in [3.05, 3.63) is 101 Å². The number of hydrogen-bond acceptors (Lipinski definition) is 3. The molecule has 0 unspecified atom stereocenters. The molecule has 2 amide bonds. The van der Waals surface area contributed by atoms with E-state index >= 15 is 0 Å². The zero-order valence-electron chi connectivity index (χ0n) is 20.5. The molecule has 5 nitrogen and oxygen atoms in total. The molecular formula is C29H34N2O3. The van der Waals surface area contributed by atoms with Crippen LogP contribution in [0, 0.1) is 20.8 Å². The Kier molecular flexibility index (Phi) is 8.86. The summed E-state index contributed by atoms with van der Waals surface area (Å²) in [7, 11) is 0. The molecule has 0 fully saturated rings. The first-order valence-corrected chi connectivity index (χ1v) is 11.7. The molecule has 1 atom stereocenters. The molecule has 0 aliphatic rings. The summed E-state index contributed by atoms with van der Waals surface area (Å²) >= 11 is 0. The van der Waals surface area contributed by atoms with Crippen LogP contribution in [0.5, 0.6) is 5.75 Å². The van der Waals surface area contributed by atoms with Crippen LogP contribution < -0.4 is 10.1 Å². The highest BCUT2D eigenvalue weighted by Gasteiger charge is 2.30. The molecule has 5 heteroatoms. The fourth-order valence-corrected chi connectivity index (χ4v) is 3.92. The summed E-state index contributed by atoms with van der Waals surface area (Å²) in [5, 5.41) is 2.91. The van der Waals surface area contributed by atoms with Gasteiger partial charge in [0.25, 0.3) is 5.91 Å². The fourth-order valence-electron chi connectivity index (χ4n) is 3.92. The summed E-state index contributed by atoms with van der Waals surface area (Å²) < 4.78 is 5.91. The van der Waals surface area contributed by atoms with Crippen molar-refractivity contribution in [3.63, 3.8) is 0 Å². The number of hydrogen-bond donors (Lipinski definition) is 1. The fraction of sp³-hybridized carbons (Fsp3) is 0.310. The molecule has 3 rings (SSSR count). The van der Waals surface area contributed by atoms with Gasteiger partial charge in [0, 0.05) is 19.5 Å². The maximum Gasteiger partial charge on any atom is 0.261 e. The van der Waals surface area contributed by atoms with Crippen molar-refractivity contribution in [2.45, 2.75) is 46.7 Å². The topological polar surface area (TPSA) is 58.6 Å². The minimum Gasteiger partial charge on any atom is -0.483 e. The smallest absolute Gasteiger partial charge is 0.261 e. The lowest BCUT2D eigenvalue weighted by molar-refractivity contribution is -0.142. The Hall–Kier alpha value is -3.60. The van der Waals surface area contributed by atoms with Gasteiger partial charge in [-0.05, 0) is 50.5 Å². The van der Waals surface area contributed by atoms with Gasteiger partial charge >= 0.3 is 0 Å². The molecule has 0 radical (unpaired) electrons. The standard InChI is InChI=1S/C29H34N2O3/c1-5-30-29(33)26(18-24-9-7-6-8-10-24)31(19-25-14-11-21(2)12-15-25)28(32)20-34-27-16-13-22(3)17-23(27)4/h6-17,26H,5,18-20H2,1-4H3,(H,30,33)/t26-/m1/s1. The highest BCUT2D eigenvalue weighted by Crippen LogP contribution is 2.20. The molecule has 1 N–H and O–H groups in total. The van der Waals surface area contributed by atoms with Crippen molar-refractivity contribution < 1.29 is 14.3 Å². The summed E-state index contributed by atoms with van der Waals surface area (Å²) in [6.45, 7) is 8.57. The first-order valence-electron chi connectivity index (χ1n) is 11.7. The van der Waals surface area contributed by atoms with E-state index < -0.39 is 6.04 Å². The molecule has 0 saturated carbocycles. The highest BCUT2D eigenvalue weighted by molar-refractivity contribution is 5.88. The molecule has 34 heavy (non-hydrogen) atoms. The third-order valence-corrected chi connectivity index (χ3v) is 5.78. The number of carbonyl (C=O) groups is 2. The van der Waals surface area contributed by atoms with Crippen LogP contribution in [0.2, 0.25) is 0 Å². The molecule has 0 spiro atoms. The SMILES string of the molecule is CCNC(=O)[C@@H](Cc1ccccc1)N(Cc1ccc(C)cc1)C(=O)COc1ccc(C)cc1C. The minimum absolute atomic E-state index is 0.138. The molecule has 0 bridgehead atoms. The van der Waals surface area contributed by atoms with Gasteiger partial charge < -0.3 is 15.0 Å². The van der Waals surface area contributed by atoms with Gasteiger partial charge in [-0.15, -0.1) is 0 Å². The number of carbonyl (C=O) groups excluding carboxylic acids is 2. The van der Waals surface area contributed by atoms with Crippen molar-refractivity contribution in [1.82, 2.24) is 10.2 Å². The van der Waals surface area contributed by atoms with Gasteiger partial charge in [-0.3, -0.25) is 9.59 Å². The quantitative estimate of drug-likeness (QED) is 0.476. The Bertz CT molecular complexity index is 1090. The lowest BCUT2D eigenvalue weighted by Gasteiger charge is -2.31. The third kappa shape index (κ3) is 6.95. The van der Waals surface area contributed by atoms with E-state index in [4.69, 9.17) is 4.74 Å². The van der Waals surface area contributed by atoms with E-state index in [0.717, 1.165) is 27.8 Å². The number of ether oxygens (including phenoxy) is 1. The Morgan fingerprint density at radius 3 is 2.21 bits per heavy atom. The molecule has 3 aromatic rings. The Morgan fingerprint density at radius 1 is 0.882 bits per heavy atom. The largest absolute Gasteiger partial charge is 0.483 e. The summed E-state index contributed by atoms with van der Waals surface area (Å²) in [5.74, 6) is 0.276. The summed E-state index contributed by atoms with van der Waals surface area (Å²) in [6, 6.07) is 23.0. The van der Waals surface area contributed by atoms with Gasteiger partial charge in [0.15, 0.2) is 6.61 Å². The molecule has 0 aliphatic carbocycles. The maximum absolute atomic E-state index is 13.5. The Morgan fingerprint density at radius 2 is 1.56 bits per heavy atom. The predicted octanol–water partition coefficient (Wildman–Crippen LogP) is 4.77. The lowest BCUT2D eigenvalue weighted by Crippen LogP contribution is -2.51. The second-order valence-corrected chi connectivity index (χ2v) is 8.66. The van der Waals surface area contributed by atoms with Crippen LogP contribution in [-0.4, -0.2) is 35.9 Å². The number of rotatable bonds is 10. The van der Waals surface area contributed by atoms with Gasteiger partial charge in [-0.25, -0.2) is 0 Å². The second kappa shape index (κ2) is 12.0. The van der Waals surface area contributed by atoms with Crippen LogP contribution >= 0.6 is 0 Å². The van der Waals surface area contributed by atoms with Crippen molar-refractivity contribution in [2.24, 2.45) is 0 Å². The van der Waals surface area contributed by atoms with Crippen LogP contribution in [0.3, 0.4) is 0 Å². The van der Waals surface area contributed by atoms with E-state index in [1.54, 1.807) is 4.90 Å². The van der Waals surface area contributed by atoms with E-state index in [2.05, 4.69) is 5.32 Å². The molecule has 0 aromatic heterocycles. The summed E-state index contributed by atoms with van der Waals surface area (Å²) in [4.78, 5) is 28.3. The van der Waals surface area contributed by atoms with Gasteiger partial charge in [-0.2, -0.15) is 0 Å². The minimum atomic E-state index is -0.654. The average Bonchev–Trinajstić information content (AvgIpc) is 2.82. The number of nitrogens with one attached hydrogen (secondary N) is 1. The monoisotopic (exact) mass is 458 g/mol. The zero-order valence-corrected chi connectivity index (χ0v) is 20.5. The normalized spacial score (nSPS) is 11.5. The van der Waals surface area contributed by atoms with Gasteiger partial charge in [-0.1, -0.05) is 77.9 Å². The molecular weight excluding hydrogens is 424 g/mol. The van der Waals surface area contributed by atoms with Crippen LogP contribution in [-0.2, 0) is 22.6 Å². The number of amides is 2. The number of benzene rings is 3. The van der Waals surface area contributed by atoms with Crippen molar-refractivity contribution in [3.8, 4) is 5.75 Å². The molecule has 178 valence electrons. The van der Waals surface area contributed by atoms with Crippen LogP contribution in [0.4, 0.5) is 0 Å². The lowest BCUT2D eigenvalue weighted by atomic mass is 10.0. The first kappa shape index (κ1) is 25.0. The van der Waals surface area contributed by atoms with Crippen molar-refractivity contribution in [2.75, 3.05) is 13.2 Å². The van der Waals surface area contributed by atoms with E-state index in [1.165, 1.54) is 0 Å². The van der Waals surface area contributed by atoms with Crippen LogP contribution in [0.25, 0.3) is 0 Å². The van der Waals surface area contributed by atoms with Gasteiger partial charge in [0.1, 0.15) is 11.8 Å². The molecule has 0 aliphatic heterocycles. The Balaban J connectivity index is 1.89. The number of nitrogens with zero attached hydrogens (tertiary/aromatic N) is 1. The van der Waals surface area contributed by atoms with Crippen LogP contribution in [0.15, 0.2) is 72.8 Å². The Labute approximate surface area is 202 Å². The summed E-state index contributed by atoms with van der Waals surface area (Å²) in [5.41, 5.74) is 5.21. The second-order valence-electron chi connectivity index (χ2n) is 8.66. The van der Waals surface area contributed by atoms with Crippen molar-refractivity contribution >= 4 is 11.8 Å². The van der Waals surface area contributed by atoms with E-state index in [0.29, 0.717) is 25.3 Å². The molecule has 3 aromatic carbocycles.